The molecular formula is C16H30N2O. The van der Waals surface area contributed by atoms with Gasteiger partial charge in [-0.15, -0.1) is 0 Å². The van der Waals surface area contributed by atoms with Crippen molar-refractivity contribution >= 4 is 5.91 Å². The Hall–Kier alpha value is -0.570. The lowest BCUT2D eigenvalue weighted by atomic mass is 9.83. The third kappa shape index (κ3) is 2.96. The molecule has 1 aliphatic heterocycles. The lowest BCUT2D eigenvalue weighted by Gasteiger charge is -2.38. The molecule has 1 amide bonds. The van der Waals surface area contributed by atoms with Gasteiger partial charge in [0.25, 0.3) is 0 Å². The molecule has 0 radical (unpaired) electrons. The SMILES string of the molecule is CCC1CCC(N2C(=O)C(CC)NC2C(C)C)CC1. The van der Waals surface area contributed by atoms with Gasteiger partial charge in [-0.3, -0.25) is 10.1 Å². The molecule has 0 aromatic rings. The van der Waals surface area contributed by atoms with Crippen LogP contribution in [0.25, 0.3) is 0 Å². The van der Waals surface area contributed by atoms with Crippen molar-refractivity contribution in [2.24, 2.45) is 11.8 Å². The molecular weight excluding hydrogens is 236 g/mol. The molecule has 110 valence electrons. The van der Waals surface area contributed by atoms with Crippen LogP contribution < -0.4 is 5.32 Å². The van der Waals surface area contributed by atoms with E-state index < -0.39 is 0 Å². The van der Waals surface area contributed by atoms with E-state index in [9.17, 15) is 4.79 Å². The zero-order valence-corrected chi connectivity index (χ0v) is 13.0. The summed E-state index contributed by atoms with van der Waals surface area (Å²) >= 11 is 0. The Labute approximate surface area is 118 Å². The second-order valence-electron chi connectivity index (χ2n) is 6.64. The van der Waals surface area contributed by atoms with Crippen LogP contribution >= 0.6 is 0 Å². The van der Waals surface area contributed by atoms with Crippen molar-refractivity contribution in [1.29, 1.82) is 0 Å². The second kappa shape index (κ2) is 6.25. The zero-order chi connectivity index (χ0) is 14.0. The van der Waals surface area contributed by atoms with Gasteiger partial charge in [0.15, 0.2) is 0 Å². The molecule has 0 spiro atoms. The maximum Gasteiger partial charge on any atom is 0.241 e. The first-order chi connectivity index (χ1) is 9.08. The van der Waals surface area contributed by atoms with Gasteiger partial charge in [-0.2, -0.15) is 0 Å². The second-order valence-corrected chi connectivity index (χ2v) is 6.64. The molecule has 1 saturated heterocycles. The highest BCUT2D eigenvalue weighted by molar-refractivity contribution is 5.84. The summed E-state index contributed by atoms with van der Waals surface area (Å²) in [6.07, 6.45) is 7.45. The highest BCUT2D eigenvalue weighted by atomic mass is 16.2. The Kier molecular flexibility index (Phi) is 4.88. The van der Waals surface area contributed by atoms with Gasteiger partial charge in [0.05, 0.1) is 12.2 Å². The van der Waals surface area contributed by atoms with Gasteiger partial charge in [-0.25, -0.2) is 0 Å². The fourth-order valence-electron chi connectivity index (χ4n) is 3.72. The Morgan fingerprint density at radius 2 is 1.79 bits per heavy atom. The van der Waals surface area contributed by atoms with Crippen LogP contribution in [0.3, 0.4) is 0 Å². The third-order valence-electron chi connectivity index (χ3n) is 5.05. The van der Waals surface area contributed by atoms with Crippen LogP contribution in [-0.4, -0.2) is 29.1 Å². The fraction of sp³-hybridized carbons (Fsp3) is 0.938. The van der Waals surface area contributed by atoms with Gasteiger partial charge in [-0.1, -0.05) is 34.1 Å². The van der Waals surface area contributed by atoms with Crippen molar-refractivity contribution in [3.05, 3.63) is 0 Å². The summed E-state index contributed by atoms with van der Waals surface area (Å²) in [6.45, 7) is 8.82. The number of amides is 1. The molecule has 19 heavy (non-hydrogen) atoms. The van der Waals surface area contributed by atoms with Crippen LogP contribution in [0.4, 0.5) is 0 Å². The molecule has 0 bridgehead atoms. The highest BCUT2D eigenvalue weighted by Gasteiger charge is 2.43. The molecule has 1 saturated carbocycles. The zero-order valence-electron chi connectivity index (χ0n) is 13.0. The van der Waals surface area contributed by atoms with Gasteiger partial charge in [-0.05, 0) is 43.9 Å². The van der Waals surface area contributed by atoms with Gasteiger partial charge >= 0.3 is 0 Å². The quantitative estimate of drug-likeness (QED) is 0.848. The molecule has 1 N–H and O–H groups in total. The first-order valence-electron chi connectivity index (χ1n) is 8.16. The van der Waals surface area contributed by atoms with E-state index in [-0.39, 0.29) is 12.2 Å². The monoisotopic (exact) mass is 266 g/mol. The molecule has 2 fully saturated rings. The third-order valence-corrected chi connectivity index (χ3v) is 5.05. The van der Waals surface area contributed by atoms with E-state index in [0.717, 1.165) is 12.3 Å². The maximum absolute atomic E-state index is 12.6. The topological polar surface area (TPSA) is 32.3 Å². The standard InChI is InChI=1S/C16H30N2O/c1-5-12-7-9-13(10-8-12)18-15(11(3)4)17-14(6-2)16(18)19/h11-15,17H,5-10H2,1-4H3. The first kappa shape index (κ1) is 14.8. The minimum Gasteiger partial charge on any atom is -0.323 e. The average molecular weight is 266 g/mol. The molecule has 3 nitrogen and oxygen atoms in total. The Morgan fingerprint density at radius 1 is 1.16 bits per heavy atom. The van der Waals surface area contributed by atoms with Gasteiger partial charge in [0.1, 0.15) is 0 Å². The lowest BCUT2D eigenvalue weighted by Crippen LogP contribution is -2.48. The summed E-state index contributed by atoms with van der Waals surface area (Å²) in [5.74, 6) is 1.73. The van der Waals surface area contributed by atoms with Crippen LogP contribution in [0, 0.1) is 11.8 Å². The van der Waals surface area contributed by atoms with Crippen molar-refractivity contribution < 1.29 is 4.79 Å². The molecule has 1 aliphatic carbocycles. The lowest BCUT2D eigenvalue weighted by molar-refractivity contribution is -0.133. The van der Waals surface area contributed by atoms with E-state index in [0.29, 0.717) is 17.9 Å². The van der Waals surface area contributed by atoms with Crippen LogP contribution in [0.5, 0.6) is 0 Å². The number of rotatable bonds is 4. The molecule has 0 aromatic carbocycles. The van der Waals surface area contributed by atoms with Crippen molar-refractivity contribution in [3.8, 4) is 0 Å². The minimum atomic E-state index is 0.0521. The number of hydrogen-bond donors (Lipinski definition) is 1. The predicted molar refractivity (Wildman–Crippen MR) is 78.7 cm³/mol. The van der Waals surface area contributed by atoms with Crippen molar-refractivity contribution in [1.82, 2.24) is 10.2 Å². The molecule has 2 unspecified atom stereocenters. The van der Waals surface area contributed by atoms with Crippen LogP contribution in [-0.2, 0) is 4.79 Å². The Balaban J connectivity index is 2.06. The molecule has 2 atom stereocenters. The number of hydrogen-bond acceptors (Lipinski definition) is 2. The van der Waals surface area contributed by atoms with Gasteiger partial charge in [0, 0.05) is 6.04 Å². The summed E-state index contributed by atoms with van der Waals surface area (Å²) in [6, 6.07) is 0.531. The van der Waals surface area contributed by atoms with E-state index in [4.69, 9.17) is 0 Å². The number of nitrogens with one attached hydrogen (secondary N) is 1. The van der Waals surface area contributed by atoms with E-state index in [1.807, 2.05) is 0 Å². The van der Waals surface area contributed by atoms with E-state index in [1.54, 1.807) is 0 Å². The molecule has 1 heterocycles. The van der Waals surface area contributed by atoms with Gasteiger partial charge < -0.3 is 4.90 Å². The molecule has 2 rings (SSSR count). The maximum atomic E-state index is 12.6. The Morgan fingerprint density at radius 3 is 2.26 bits per heavy atom. The number of nitrogens with zero attached hydrogens (tertiary/aromatic N) is 1. The first-order valence-corrected chi connectivity index (χ1v) is 8.16. The van der Waals surface area contributed by atoms with Crippen LogP contribution in [0.2, 0.25) is 0 Å². The molecule has 0 aromatic heterocycles. The Bertz CT molecular complexity index is 308. The smallest absolute Gasteiger partial charge is 0.241 e. The summed E-state index contributed by atoms with van der Waals surface area (Å²) in [5, 5.41) is 3.54. The summed E-state index contributed by atoms with van der Waals surface area (Å²) in [7, 11) is 0. The number of carbonyl (C=O) groups excluding carboxylic acids is 1. The average Bonchev–Trinajstić information content (AvgIpc) is 2.76. The van der Waals surface area contributed by atoms with Crippen molar-refractivity contribution in [3.63, 3.8) is 0 Å². The summed E-state index contributed by atoms with van der Waals surface area (Å²) < 4.78 is 0. The van der Waals surface area contributed by atoms with E-state index in [1.165, 1.54) is 32.1 Å². The fourth-order valence-corrected chi connectivity index (χ4v) is 3.72. The highest BCUT2D eigenvalue weighted by Crippen LogP contribution is 2.33. The van der Waals surface area contributed by atoms with Gasteiger partial charge in [0.2, 0.25) is 5.91 Å². The number of carbonyl (C=O) groups is 1. The van der Waals surface area contributed by atoms with E-state index >= 15 is 0 Å². The van der Waals surface area contributed by atoms with Crippen LogP contribution in [0.1, 0.15) is 66.2 Å². The van der Waals surface area contributed by atoms with Crippen molar-refractivity contribution in [2.75, 3.05) is 0 Å². The largest absolute Gasteiger partial charge is 0.323 e. The van der Waals surface area contributed by atoms with Crippen LogP contribution in [0.15, 0.2) is 0 Å². The minimum absolute atomic E-state index is 0.0521. The molecule has 3 heteroatoms. The van der Waals surface area contributed by atoms with E-state index in [2.05, 4.69) is 37.9 Å². The predicted octanol–water partition coefficient (Wildman–Crippen LogP) is 3.15. The summed E-state index contributed by atoms with van der Waals surface area (Å²) in [4.78, 5) is 14.8. The normalized spacial score (nSPS) is 36.3. The molecule has 2 aliphatic rings. The van der Waals surface area contributed by atoms with Crippen molar-refractivity contribution in [2.45, 2.75) is 84.5 Å². The summed E-state index contributed by atoms with van der Waals surface area (Å²) in [5.41, 5.74) is 0.